The molecular weight excluding hydrogens is 401 g/mol. The van der Waals surface area contributed by atoms with Gasteiger partial charge in [-0.05, 0) is 36.2 Å². The highest BCUT2D eigenvalue weighted by Crippen LogP contribution is 2.33. The first-order chi connectivity index (χ1) is 14.2. The van der Waals surface area contributed by atoms with Crippen LogP contribution in [-0.2, 0) is 13.0 Å². The molecule has 3 rings (SSSR count). The van der Waals surface area contributed by atoms with Crippen LogP contribution < -0.4 is 21.9 Å². The van der Waals surface area contributed by atoms with Gasteiger partial charge in [0.2, 0.25) is 0 Å². The molecule has 0 spiro atoms. The molecule has 2 aromatic carbocycles. The Morgan fingerprint density at radius 3 is 2.37 bits per heavy atom. The van der Waals surface area contributed by atoms with Crippen LogP contribution in [0.25, 0.3) is 0 Å². The molecule has 0 unspecified atom stereocenters. The van der Waals surface area contributed by atoms with Gasteiger partial charge in [-0.1, -0.05) is 44.7 Å². The molecule has 0 saturated carbocycles. The van der Waals surface area contributed by atoms with Gasteiger partial charge >= 0.3 is 0 Å². The minimum atomic E-state index is -0.132. The Bertz CT molecular complexity index is 866. The molecule has 0 radical (unpaired) electrons. The van der Waals surface area contributed by atoms with E-state index in [2.05, 4.69) is 23.6 Å². The molecule has 2 aromatic rings. The summed E-state index contributed by atoms with van der Waals surface area (Å²) in [5, 5.41) is 0. The third-order valence-electron chi connectivity index (χ3n) is 5.79. The lowest BCUT2D eigenvalue weighted by Gasteiger charge is -2.21. The molecule has 30 heavy (non-hydrogen) atoms. The van der Waals surface area contributed by atoms with E-state index in [1.54, 1.807) is 26.4 Å². The first-order valence-electron chi connectivity index (χ1n) is 10.8. The Kier molecular flexibility index (Phi) is 9.64. The zero-order valence-electron chi connectivity index (χ0n) is 18.3. The highest BCUT2D eigenvalue weighted by Gasteiger charge is 2.28. The number of fused-ring (bicyclic) bond motifs is 1. The van der Waals surface area contributed by atoms with Crippen molar-refractivity contribution in [3.63, 3.8) is 0 Å². The van der Waals surface area contributed by atoms with E-state index in [0.29, 0.717) is 6.54 Å². The molecule has 1 heterocycles. The van der Waals surface area contributed by atoms with Crippen molar-refractivity contribution in [1.29, 1.82) is 0 Å². The summed E-state index contributed by atoms with van der Waals surface area (Å²) in [4.78, 5) is 0. The molecule has 0 atom stereocenters. The van der Waals surface area contributed by atoms with Gasteiger partial charge in [-0.15, -0.1) is 0 Å². The Balaban J connectivity index is 0.00000320. The van der Waals surface area contributed by atoms with Gasteiger partial charge < -0.3 is 21.9 Å². The number of rotatable bonds is 10. The molecule has 0 fully saturated rings. The van der Waals surface area contributed by atoms with Gasteiger partial charge in [0.1, 0.15) is 12.4 Å². The first-order valence-corrected chi connectivity index (χ1v) is 10.8. The molecule has 0 amide bonds. The number of methoxy groups -OCH3 is 2. The summed E-state index contributed by atoms with van der Waals surface area (Å²) in [5.41, 5.74) is 4.56. The monoisotopic (exact) mass is 433 g/mol. The zero-order chi connectivity index (χ0) is 20.6. The van der Waals surface area contributed by atoms with Gasteiger partial charge in [0.15, 0.2) is 23.8 Å². The summed E-state index contributed by atoms with van der Waals surface area (Å²) in [7, 11) is 3.35. The second-order valence-corrected chi connectivity index (χ2v) is 7.74. The number of ether oxygens (including phenoxy) is 2. The lowest BCUT2D eigenvalue weighted by Crippen LogP contribution is -3.00. The van der Waals surface area contributed by atoms with Crippen molar-refractivity contribution in [3.05, 3.63) is 58.9 Å². The average molecular weight is 434 g/mol. The van der Waals surface area contributed by atoms with E-state index in [1.807, 2.05) is 12.1 Å². The number of hydrogen-bond donors (Lipinski definition) is 0. The van der Waals surface area contributed by atoms with Crippen molar-refractivity contribution in [2.45, 2.75) is 58.4 Å². The fourth-order valence-corrected chi connectivity index (χ4v) is 4.15. The van der Waals surface area contributed by atoms with Gasteiger partial charge in [0.05, 0.1) is 19.8 Å². The summed E-state index contributed by atoms with van der Waals surface area (Å²) in [5.74, 6) is 1.39. The number of hydrogen-bond acceptors (Lipinski definition) is 2. The number of benzene rings is 2. The molecule has 0 bridgehead atoms. The standard InChI is InChI=1S/C25H33FNO2.ClH/c1-4-5-6-7-8-13-23-21-17-25(29-3)24(28-2)16-19(21)14-15-27(23)18-20-11-9-10-12-22(20)26;/h9-12,16-17H,4-8,13-15,18H2,1-3H3;1H/q+1;/p-1. The first kappa shape index (κ1) is 24.2. The van der Waals surface area contributed by atoms with Crippen LogP contribution >= 0.6 is 0 Å². The van der Waals surface area contributed by atoms with Crippen molar-refractivity contribution in [3.8, 4) is 11.5 Å². The Morgan fingerprint density at radius 1 is 0.967 bits per heavy atom. The summed E-state index contributed by atoms with van der Waals surface area (Å²) in [6.45, 7) is 3.73. The van der Waals surface area contributed by atoms with Crippen LogP contribution in [0.1, 0.15) is 62.1 Å². The van der Waals surface area contributed by atoms with Gasteiger partial charge in [-0.2, -0.15) is 0 Å². The van der Waals surface area contributed by atoms with Gasteiger partial charge in [0, 0.05) is 18.4 Å². The normalized spacial score (nSPS) is 12.9. The maximum Gasteiger partial charge on any atom is 0.184 e. The van der Waals surface area contributed by atoms with E-state index in [0.717, 1.165) is 42.9 Å². The minimum Gasteiger partial charge on any atom is -1.00 e. The summed E-state index contributed by atoms with van der Waals surface area (Å²) in [6.07, 6.45) is 8.11. The molecule has 0 aliphatic carbocycles. The summed E-state index contributed by atoms with van der Waals surface area (Å²) < 4.78 is 27.7. The quantitative estimate of drug-likeness (QED) is 0.424. The summed E-state index contributed by atoms with van der Waals surface area (Å²) >= 11 is 0. The highest BCUT2D eigenvalue weighted by atomic mass is 35.5. The molecule has 0 aromatic heterocycles. The van der Waals surface area contributed by atoms with E-state index in [9.17, 15) is 4.39 Å². The smallest absolute Gasteiger partial charge is 0.184 e. The van der Waals surface area contributed by atoms with Crippen molar-refractivity contribution < 1.29 is 30.8 Å². The van der Waals surface area contributed by atoms with Gasteiger partial charge in [-0.3, -0.25) is 0 Å². The molecular formula is C25H33ClFNO2. The molecule has 1 aliphatic heterocycles. The van der Waals surface area contributed by atoms with E-state index < -0.39 is 0 Å². The Morgan fingerprint density at radius 2 is 1.67 bits per heavy atom. The lowest BCUT2D eigenvalue weighted by atomic mass is 9.92. The molecule has 1 aliphatic rings. The van der Waals surface area contributed by atoms with Crippen LogP contribution in [-0.4, -0.2) is 31.1 Å². The predicted molar refractivity (Wildman–Crippen MR) is 116 cm³/mol. The fourth-order valence-electron chi connectivity index (χ4n) is 4.15. The topological polar surface area (TPSA) is 21.5 Å². The predicted octanol–water partition coefficient (Wildman–Crippen LogP) is 2.77. The van der Waals surface area contributed by atoms with Gasteiger partial charge in [0.25, 0.3) is 0 Å². The van der Waals surface area contributed by atoms with Crippen LogP contribution in [0.5, 0.6) is 11.5 Å². The molecule has 164 valence electrons. The van der Waals surface area contributed by atoms with Crippen LogP contribution in [0.4, 0.5) is 4.39 Å². The maximum absolute atomic E-state index is 14.3. The minimum absolute atomic E-state index is 0. The highest BCUT2D eigenvalue weighted by molar-refractivity contribution is 5.99. The molecule has 5 heteroatoms. The third kappa shape index (κ3) is 5.75. The van der Waals surface area contributed by atoms with Crippen LogP contribution in [0.15, 0.2) is 36.4 Å². The third-order valence-corrected chi connectivity index (χ3v) is 5.79. The lowest BCUT2D eigenvalue weighted by molar-refractivity contribution is -0.546. The van der Waals surface area contributed by atoms with Crippen LogP contribution in [0.2, 0.25) is 0 Å². The number of unbranched alkanes of at least 4 members (excludes halogenated alkanes) is 4. The van der Waals surface area contributed by atoms with E-state index in [4.69, 9.17) is 9.47 Å². The Hall–Kier alpha value is -2.07. The second kappa shape index (κ2) is 11.9. The van der Waals surface area contributed by atoms with Crippen molar-refractivity contribution in [1.82, 2.24) is 0 Å². The molecule has 3 nitrogen and oxygen atoms in total. The number of nitrogens with zero attached hydrogens (tertiary/aromatic N) is 1. The van der Waals surface area contributed by atoms with Crippen LogP contribution in [0, 0.1) is 5.82 Å². The largest absolute Gasteiger partial charge is 1.00 e. The van der Waals surface area contributed by atoms with Gasteiger partial charge in [-0.25, -0.2) is 8.97 Å². The van der Waals surface area contributed by atoms with E-state index in [1.165, 1.54) is 42.5 Å². The molecule has 0 saturated heterocycles. The van der Waals surface area contributed by atoms with Crippen molar-refractivity contribution in [2.75, 3.05) is 20.8 Å². The zero-order valence-corrected chi connectivity index (χ0v) is 19.1. The maximum atomic E-state index is 14.3. The van der Waals surface area contributed by atoms with E-state index >= 15 is 0 Å². The number of halogens is 2. The van der Waals surface area contributed by atoms with Crippen LogP contribution in [0.3, 0.4) is 0 Å². The van der Waals surface area contributed by atoms with Crippen molar-refractivity contribution >= 4 is 5.71 Å². The SMILES string of the molecule is CCCCCCCC1=[N+](Cc2ccccc2F)CCc2cc(OC)c(OC)cc21.[Cl-]. The Labute approximate surface area is 186 Å². The van der Waals surface area contributed by atoms with Crippen molar-refractivity contribution in [2.24, 2.45) is 0 Å². The molecule has 0 N–H and O–H groups in total. The average Bonchev–Trinajstić information content (AvgIpc) is 2.75. The fraction of sp³-hybridized carbons (Fsp3) is 0.480. The second-order valence-electron chi connectivity index (χ2n) is 7.74. The van der Waals surface area contributed by atoms with E-state index in [-0.39, 0.29) is 18.2 Å². The summed E-state index contributed by atoms with van der Waals surface area (Å²) in [6, 6.07) is 11.3.